The van der Waals surface area contributed by atoms with E-state index in [1.54, 1.807) is 24.3 Å². The molecule has 1 fully saturated rings. The minimum atomic E-state index is -0.484. The molecule has 0 aliphatic carbocycles. The summed E-state index contributed by atoms with van der Waals surface area (Å²) in [6, 6.07) is 15.8. The lowest BCUT2D eigenvalue weighted by molar-refractivity contribution is -0.133. The number of nitrogens with one attached hydrogen (secondary N) is 2. The molecule has 0 spiro atoms. The van der Waals surface area contributed by atoms with Crippen LogP contribution in [0.15, 0.2) is 54.6 Å². The molecule has 1 unspecified atom stereocenters. The normalized spacial score (nSPS) is 15.2. The van der Waals surface area contributed by atoms with Crippen molar-refractivity contribution < 1.29 is 14.4 Å². The molecule has 6 nitrogen and oxygen atoms in total. The molecule has 176 valence electrons. The van der Waals surface area contributed by atoms with Gasteiger partial charge in [0.1, 0.15) is 0 Å². The lowest BCUT2D eigenvalue weighted by atomic mass is 10.0. The van der Waals surface area contributed by atoms with Crippen LogP contribution >= 0.6 is 11.6 Å². The molecule has 1 atom stereocenters. The first-order valence-electron chi connectivity index (χ1n) is 11.5. The van der Waals surface area contributed by atoms with Crippen LogP contribution in [0.25, 0.3) is 0 Å². The van der Waals surface area contributed by atoms with Crippen LogP contribution < -0.4 is 10.6 Å². The second kappa shape index (κ2) is 11.8. The van der Waals surface area contributed by atoms with Gasteiger partial charge in [0.2, 0.25) is 11.8 Å². The lowest BCUT2D eigenvalue weighted by Crippen LogP contribution is -2.47. The van der Waals surface area contributed by atoms with Crippen molar-refractivity contribution in [3.05, 3.63) is 70.7 Å². The molecule has 2 N–H and O–H groups in total. The van der Waals surface area contributed by atoms with Crippen LogP contribution in [0.3, 0.4) is 0 Å². The molecule has 0 aromatic heterocycles. The van der Waals surface area contributed by atoms with Gasteiger partial charge in [-0.3, -0.25) is 14.4 Å². The fourth-order valence-electron chi connectivity index (χ4n) is 4.04. The Morgan fingerprint density at radius 2 is 1.61 bits per heavy atom. The Morgan fingerprint density at radius 1 is 0.970 bits per heavy atom. The van der Waals surface area contributed by atoms with E-state index in [1.807, 2.05) is 49.1 Å². The van der Waals surface area contributed by atoms with Crippen molar-refractivity contribution >= 4 is 29.3 Å². The lowest BCUT2D eigenvalue weighted by Gasteiger charge is -2.33. The maximum Gasteiger partial charge on any atom is 0.253 e. The minimum Gasteiger partial charge on any atom is -0.353 e. The first-order valence-corrected chi connectivity index (χ1v) is 11.9. The third-order valence-electron chi connectivity index (χ3n) is 5.81. The molecule has 3 rings (SSSR count). The van der Waals surface area contributed by atoms with E-state index in [0.29, 0.717) is 36.0 Å². The zero-order valence-electron chi connectivity index (χ0n) is 19.2. The maximum atomic E-state index is 12.9. The Labute approximate surface area is 200 Å². The van der Waals surface area contributed by atoms with Crippen LogP contribution in [0.5, 0.6) is 0 Å². The summed E-state index contributed by atoms with van der Waals surface area (Å²) in [6.07, 6.45) is 2.14. The molecule has 7 heteroatoms. The molecule has 33 heavy (non-hydrogen) atoms. The van der Waals surface area contributed by atoms with Gasteiger partial charge in [0.25, 0.3) is 5.91 Å². The molecule has 1 heterocycles. The number of amides is 3. The van der Waals surface area contributed by atoms with E-state index in [1.165, 1.54) is 0 Å². The van der Waals surface area contributed by atoms with Crippen molar-refractivity contribution in [2.45, 2.75) is 51.6 Å². The highest BCUT2D eigenvalue weighted by Gasteiger charge is 2.26. The molecule has 1 saturated heterocycles. The van der Waals surface area contributed by atoms with Crippen molar-refractivity contribution in [1.29, 1.82) is 0 Å². The Hall–Kier alpha value is -2.86. The van der Waals surface area contributed by atoms with E-state index >= 15 is 0 Å². The number of hydrogen-bond donors (Lipinski definition) is 2. The summed E-state index contributed by atoms with van der Waals surface area (Å²) in [5.41, 5.74) is 1.22. The number of halogens is 1. The van der Waals surface area contributed by atoms with Crippen molar-refractivity contribution in [3.8, 4) is 0 Å². The van der Waals surface area contributed by atoms with Crippen LogP contribution in [0.2, 0.25) is 5.02 Å². The summed E-state index contributed by atoms with van der Waals surface area (Å²) in [6.45, 7) is 5.39. The Kier molecular flexibility index (Phi) is 8.89. The second-order valence-electron chi connectivity index (χ2n) is 8.94. The summed E-state index contributed by atoms with van der Waals surface area (Å²) in [5, 5.41) is 6.42. The Bertz CT molecular complexity index is 956. The van der Waals surface area contributed by atoms with E-state index < -0.39 is 6.04 Å². The number of rotatable bonds is 8. The minimum absolute atomic E-state index is 0.0243. The molecule has 3 amide bonds. The molecular weight excluding hydrogens is 438 g/mol. The van der Waals surface area contributed by atoms with Crippen molar-refractivity contribution in [2.24, 2.45) is 5.92 Å². The average Bonchev–Trinajstić information content (AvgIpc) is 2.79. The first kappa shape index (κ1) is 24.8. The molecular formula is C26H32ClN3O3. The molecule has 1 aliphatic heterocycles. The van der Waals surface area contributed by atoms with Gasteiger partial charge in [-0.15, -0.1) is 0 Å². The van der Waals surface area contributed by atoms with Crippen LogP contribution in [0.1, 0.15) is 61.5 Å². The number of likely N-dealkylation sites (tertiary alicyclic amines) is 1. The van der Waals surface area contributed by atoms with Crippen molar-refractivity contribution in [1.82, 2.24) is 15.5 Å². The van der Waals surface area contributed by atoms with Gasteiger partial charge in [0.05, 0.1) is 23.0 Å². The highest BCUT2D eigenvalue weighted by atomic mass is 35.5. The fourth-order valence-corrected chi connectivity index (χ4v) is 4.26. The van der Waals surface area contributed by atoms with E-state index in [2.05, 4.69) is 10.6 Å². The summed E-state index contributed by atoms with van der Waals surface area (Å²) in [7, 11) is 0. The Balaban J connectivity index is 1.59. The monoisotopic (exact) mass is 469 g/mol. The number of carbonyl (C=O) groups is 3. The van der Waals surface area contributed by atoms with Crippen LogP contribution in [0, 0.1) is 5.92 Å². The van der Waals surface area contributed by atoms with E-state index in [0.717, 1.165) is 18.4 Å². The SMILES string of the molecule is CC(C)CC(=O)N1CCC(NC(=O)CC(NC(=O)c2ccccc2Cl)c2ccccc2)CC1. The van der Waals surface area contributed by atoms with E-state index in [9.17, 15) is 14.4 Å². The average molecular weight is 470 g/mol. The largest absolute Gasteiger partial charge is 0.353 e. The molecule has 0 radical (unpaired) electrons. The van der Waals surface area contributed by atoms with Gasteiger partial charge in [-0.1, -0.05) is 67.9 Å². The topological polar surface area (TPSA) is 78.5 Å². The van der Waals surface area contributed by atoms with Crippen LogP contribution in [-0.4, -0.2) is 41.8 Å². The fraction of sp³-hybridized carbons (Fsp3) is 0.423. The first-order chi connectivity index (χ1) is 15.8. The van der Waals surface area contributed by atoms with Crippen LogP contribution in [-0.2, 0) is 9.59 Å². The van der Waals surface area contributed by atoms with Gasteiger partial charge < -0.3 is 15.5 Å². The van der Waals surface area contributed by atoms with E-state index in [4.69, 9.17) is 11.6 Å². The third-order valence-corrected chi connectivity index (χ3v) is 6.14. The van der Waals surface area contributed by atoms with Gasteiger partial charge >= 0.3 is 0 Å². The zero-order valence-corrected chi connectivity index (χ0v) is 20.0. The van der Waals surface area contributed by atoms with Gasteiger partial charge in [0, 0.05) is 25.6 Å². The van der Waals surface area contributed by atoms with E-state index in [-0.39, 0.29) is 30.2 Å². The molecule has 0 saturated carbocycles. The van der Waals surface area contributed by atoms with Gasteiger partial charge in [-0.2, -0.15) is 0 Å². The van der Waals surface area contributed by atoms with Crippen molar-refractivity contribution in [3.63, 3.8) is 0 Å². The zero-order chi connectivity index (χ0) is 23.8. The summed E-state index contributed by atoms with van der Waals surface area (Å²) in [4.78, 5) is 39.9. The third kappa shape index (κ3) is 7.32. The number of hydrogen-bond acceptors (Lipinski definition) is 3. The van der Waals surface area contributed by atoms with Gasteiger partial charge in [-0.25, -0.2) is 0 Å². The summed E-state index contributed by atoms with van der Waals surface area (Å²) in [5.74, 6) is 0.0709. The molecule has 2 aromatic rings. The van der Waals surface area contributed by atoms with Gasteiger partial charge in [-0.05, 0) is 36.5 Å². The summed E-state index contributed by atoms with van der Waals surface area (Å²) < 4.78 is 0. The predicted octanol–water partition coefficient (Wildman–Crippen LogP) is 4.35. The van der Waals surface area contributed by atoms with Crippen LogP contribution in [0.4, 0.5) is 0 Å². The van der Waals surface area contributed by atoms with Gasteiger partial charge in [0.15, 0.2) is 0 Å². The predicted molar refractivity (Wildman–Crippen MR) is 130 cm³/mol. The van der Waals surface area contributed by atoms with Crippen molar-refractivity contribution in [2.75, 3.05) is 13.1 Å². The molecule has 2 aromatic carbocycles. The number of benzene rings is 2. The number of piperidine rings is 1. The maximum absolute atomic E-state index is 12.9. The summed E-state index contributed by atoms with van der Waals surface area (Å²) >= 11 is 6.18. The number of carbonyl (C=O) groups excluding carboxylic acids is 3. The highest BCUT2D eigenvalue weighted by Crippen LogP contribution is 2.21. The standard InChI is InChI=1S/C26H32ClN3O3/c1-18(2)16-25(32)30-14-12-20(13-15-30)28-24(31)17-23(19-8-4-3-5-9-19)29-26(33)21-10-6-7-11-22(21)27/h3-11,18,20,23H,12-17H2,1-2H3,(H,28,31)(H,29,33). The second-order valence-corrected chi connectivity index (χ2v) is 9.35. The Morgan fingerprint density at radius 3 is 2.24 bits per heavy atom. The molecule has 1 aliphatic rings. The highest BCUT2D eigenvalue weighted by molar-refractivity contribution is 6.33. The molecule has 0 bridgehead atoms. The smallest absolute Gasteiger partial charge is 0.253 e. The number of nitrogens with zero attached hydrogens (tertiary/aromatic N) is 1. The quantitative estimate of drug-likeness (QED) is 0.603.